The normalized spacial score (nSPS) is 13.0. The average molecular weight is 457 g/mol. The van der Waals surface area contributed by atoms with Crippen LogP contribution < -0.4 is 16.1 Å². The van der Waals surface area contributed by atoms with Gasteiger partial charge in [-0.25, -0.2) is 0 Å². The van der Waals surface area contributed by atoms with E-state index in [-0.39, 0.29) is 11.6 Å². The third-order valence-electron chi connectivity index (χ3n) is 5.26. The standard InChI is InChI=1S/C22H21ClN4O3S/c1-3-10-24-20(29)17-13-6-4-5-7-16(13)31-22(17)25-21(30)18-19(28)14-11-12(23)8-9-15(14)27(2)26-18/h3,8-9,11H,1,4-7,10H2,2H3,(H,24,29)(H,25,30). The van der Waals surface area contributed by atoms with E-state index < -0.39 is 11.3 Å². The van der Waals surface area contributed by atoms with Crippen LogP contribution in [0.3, 0.4) is 0 Å². The zero-order valence-electron chi connectivity index (χ0n) is 17.0. The molecular weight excluding hydrogens is 436 g/mol. The Labute approximate surface area is 187 Å². The molecule has 0 atom stereocenters. The largest absolute Gasteiger partial charge is 0.348 e. The van der Waals surface area contributed by atoms with Crippen LogP contribution in [0.5, 0.6) is 0 Å². The van der Waals surface area contributed by atoms with Crippen molar-refractivity contribution in [2.45, 2.75) is 25.7 Å². The minimum Gasteiger partial charge on any atom is -0.348 e. The molecule has 31 heavy (non-hydrogen) atoms. The first-order valence-electron chi connectivity index (χ1n) is 9.92. The van der Waals surface area contributed by atoms with Crippen LogP contribution in [0.15, 0.2) is 35.6 Å². The predicted molar refractivity (Wildman–Crippen MR) is 123 cm³/mol. The average Bonchev–Trinajstić information content (AvgIpc) is 3.12. The van der Waals surface area contributed by atoms with Crippen LogP contribution in [-0.4, -0.2) is 28.1 Å². The molecular formula is C22H21ClN4O3S. The molecule has 0 bridgehead atoms. The number of nitrogens with one attached hydrogen (secondary N) is 2. The highest BCUT2D eigenvalue weighted by atomic mass is 35.5. The summed E-state index contributed by atoms with van der Waals surface area (Å²) in [6.07, 6.45) is 5.29. The van der Waals surface area contributed by atoms with Crippen molar-refractivity contribution in [1.82, 2.24) is 15.1 Å². The summed E-state index contributed by atoms with van der Waals surface area (Å²) in [5.41, 5.74) is 1.25. The van der Waals surface area contributed by atoms with Crippen molar-refractivity contribution in [3.8, 4) is 0 Å². The van der Waals surface area contributed by atoms with Gasteiger partial charge < -0.3 is 10.6 Å². The molecule has 0 fully saturated rings. The number of aromatic nitrogens is 2. The van der Waals surface area contributed by atoms with Crippen LogP contribution in [-0.2, 0) is 19.9 Å². The van der Waals surface area contributed by atoms with Crippen molar-refractivity contribution >= 4 is 50.7 Å². The first-order valence-corrected chi connectivity index (χ1v) is 11.1. The van der Waals surface area contributed by atoms with Crippen LogP contribution in [0.25, 0.3) is 10.9 Å². The monoisotopic (exact) mass is 456 g/mol. The van der Waals surface area contributed by atoms with E-state index in [9.17, 15) is 14.4 Å². The summed E-state index contributed by atoms with van der Waals surface area (Å²) in [4.78, 5) is 39.9. The van der Waals surface area contributed by atoms with Gasteiger partial charge in [-0.3, -0.25) is 19.1 Å². The number of fused-ring (bicyclic) bond motifs is 2. The SMILES string of the molecule is C=CCNC(=O)c1c(NC(=O)c2nn(C)c3ccc(Cl)cc3c2=O)sc2c1CCCC2. The number of amides is 2. The molecule has 4 rings (SSSR count). The van der Waals surface area contributed by atoms with E-state index in [1.807, 2.05) is 0 Å². The van der Waals surface area contributed by atoms with Crippen molar-refractivity contribution < 1.29 is 9.59 Å². The molecule has 0 saturated heterocycles. The van der Waals surface area contributed by atoms with Crippen molar-refractivity contribution in [3.05, 3.63) is 67.8 Å². The van der Waals surface area contributed by atoms with Gasteiger partial charge >= 0.3 is 0 Å². The Hall–Kier alpha value is -2.97. The molecule has 1 aliphatic carbocycles. The number of aryl methyl sites for hydroxylation is 2. The zero-order valence-corrected chi connectivity index (χ0v) is 18.5. The fraction of sp³-hybridized carbons (Fsp3) is 0.273. The summed E-state index contributed by atoms with van der Waals surface area (Å²) >= 11 is 7.43. The zero-order chi connectivity index (χ0) is 22.1. The molecule has 0 saturated carbocycles. The van der Waals surface area contributed by atoms with Crippen LogP contribution >= 0.6 is 22.9 Å². The lowest BCUT2D eigenvalue weighted by Gasteiger charge is -2.13. The van der Waals surface area contributed by atoms with Gasteiger partial charge in [0.2, 0.25) is 5.43 Å². The molecule has 7 nitrogen and oxygen atoms in total. The topological polar surface area (TPSA) is 93.1 Å². The van der Waals surface area contributed by atoms with E-state index in [2.05, 4.69) is 22.3 Å². The number of thiophene rings is 1. The van der Waals surface area contributed by atoms with Gasteiger partial charge in [-0.15, -0.1) is 17.9 Å². The molecule has 160 valence electrons. The Kier molecular flexibility index (Phi) is 5.93. The number of carbonyl (C=O) groups excluding carboxylic acids is 2. The summed E-state index contributed by atoms with van der Waals surface area (Å²) in [5.74, 6) is -0.917. The van der Waals surface area contributed by atoms with Gasteiger partial charge in [0.05, 0.1) is 16.5 Å². The highest BCUT2D eigenvalue weighted by Crippen LogP contribution is 2.38. The Morgan fingerprint density at radius 1 is 1.29 bits per heavy atom. The summed E-state index contributed by atoms with van der Waals surface area (Å²) in [6, 6.07) is 4.87. The Morgan fingerprint density at radius 2 is 2.06 bits per heavy atom. The summed E-state index contributed by atoms with van der Waals surface area (Å²) in [6.45, 7) is 3.95. The molecule has 0 aliphatic heterocycles. The molecule has 0 unspecified atom stereocenters. The molecule has 2 amide bonds. The maximum Gasteiger partial charge on any atom is 0.280 e. The van der Waals surface area contributed by atoms with Gasteiger partial charge in [0.15, 0.2) is 5.69 Å². The van der Waals surface area contributed by atoms with Crippen LogP contribution in [0.2, 0.25) is 5.02 Å². The molecule has 0 spiro atoms. The Balaban J connectivity index is 1.75. The van der Waals surface area contributed by atoms with E-state index in [1.165, 1.54) is 22.1 Å². The number of hydrogen-bond acceptors (Lipinski definition) is 5. The van der Waals surface area contributed by atoms with Crippen molar-refractivity contribution in [2.24, 2.45) is 7.05 Å². The highest BCUT2D eigenvalue weighted by molar-refractivity contribution is 7.17. The molecule has 2 heterocycles. The van der Waals surface area contributed by atoms with Gasteiger partial charge in [-0.05, 0) is 49.4 Å². The van der Waals surface area contributed by atoms with E-state index in [0.717, 1.165) is 36.1 Å². The smallest absolute Gasteiger partial charge is 0.280 e. The second-order valence-electron chi connectivity index (χ2n) is 7.33. The summed E-state index contributed by atoms with van der Waals surface area (Å²) < 4.78 is 1.47. The van der Waals surface area contributed by atoms with E-state index in [1.54, 1.807) is 25.3 Å². The lowest BCUT2D eigenvalue weighted by atomic mass is 9.95. The predicted octanol–water partition coefficient (Wildman–Crippen LogP) is 3.70. The number of rotatable bonds is 5. The van der Waals surface area contributed by atoms with E-state index >= 15 is 0 Å². The molecule has 9 heteroatoms. The fourth-order valence-electron chi connectivity index (χ4n) is 3.81. The third-order valence-corrected chi connectivity index (χ3v) is 6.71. The van der Waals surface area contributed by atoms with Crippen LogP contribution in [0.4, 0.5) is 5.00 Å². The van der Waals surface area contributed by atoms with E-state index in [4.69, 9.17) is 11.6 Å². The minimum atomic E-state index is -0.654. The molecule has 0 radical (unpaired) electrons. The maximum atomic E-state index is 13.1. The first kappa shape index (κ1) is 21.3. The van der Waals surface area contributed by atoms with Gasteiger partial charge in [0.25, 0.3) is 11.8 Å². The van der Waals surface area contributed by atoms with Gasteiger partial charge in [0.1, 0.15) is 5.00 Å². The number of anilines is 1. The van der Waals surface area contributed by atoms with Gasteiger partial charge in [-0.2, -0.15) is 5.10 Å². The third kappa shape index (κ3) is 4.00. The number of halogens is 1. The Morgan fingerprint density at radius 3 is 2.84 bits per heavy atom. The minimum absolute atomic E-state index is 0.249. The van der Waals surface area contributed by atoms with Crippen LogP contribution in [0, 0.1) is 0 Å². The number of carbonyl (C=O) groups is 2. The second kappa shape index (κ2) is 8.64. The number of benzene rings is 1. The summed E-state index contributed by atoms with van der Waals surface area (Å²) in [7, 11) is 1.66. The van der Waals surface area contributed by atoms with Crippen molar-refractivity contribution in [2.75, 3.05) is 11.9 Å². The number of nitrogens with zero attached hydrogens (tertiary/aromatic N) is 2. The number of hydrogen-bond donors (Lipinski definition) is 2. The molecule has 3 aromatic rings. The highest BCUT2D eigenvalue weighted by Gasteiger charge is 2.27. The van der Waals surface area contributed by atoms with Crippen molar-refractivity contribution in [3.63, 3.8) is 0 Å². The molecule has 1 aromatic carbocycles. The van der Waals surface area contributed by atoms with Crippen LogP contribution in [0.1, 0.15) is 44.1 Å². The lowest BCUT2D eigenvalue weighted by molar-refractivity contribution is 0.0958. The summed E-state index contributed by atoms with van der Waals surface area (Å²) in [5, 5.41) is 10.9. The van der Waals surface area contributed by atoms with Gasteiger partial charge in [-0.1, -0.05) is 17.7 Å². The van der Waals surface area contributed by atoms with Gasteiger partial charge in [0, 0.05) is 23.5 Å². The lowest BCUT2D eigenvalue weighted by Crippen LogP contribution is -2.28. The molecule has 2 N–H and O–H groups in total. The molecule has 1 aliphatic rings. The molecule has 2 aromatic heterocycles. The van der Waals surface area contributed by atoms with E-state index in [0.29, 0.717) is 33.0 Å². The fourth-order valence-corrected chi connectivity index (χ4v) is 5.26. The Bertz CT molecular complexity index is 1280. The maximum absolute atomic E-state index is 13.1. The second-order valence-corrected chi connectivity index (χ2v) is 8.87. The van der Waals surface area contributed by atoms with Crippen molar-refractivity contribution in [1.29, 1.82) is 0 Å². The quantitative estimate of drug-likeness (QED) is 0.572. The first-order chi connectivity index (χ1) is 14.9.